The van der Waals surface area contributed by atoms with Crippen molar-refractivity contribution in [3.63, 3.8) is 0 Å². The Bertz CT molecular complexity index is 1060. The van der Waals surface area contributed by atoms with E-state index >= 15 is 0 Å². The number of Topliss-reactive ketones (excluding diaryl/α,β-unsaturated/α-hetero) is 1. The molecule has 0 bridgehead atoms. The van der Waals surface area contributed by atoms with Gasteiger partial charge in [-0.15, -0.1) is 0 Å². The summed E-state index contributed by atoms with van der Waals surface area (Å²) in [5.74, 6) is 0.164. The van der Waals surface area contributed by atoms with Crippen molar-refractivity contribution in [2.45, 2.75) is 26.6 Å². The molecule has 0 amide bonds. The first-order chi connectivity index (χ1) is 14.0. The number of benzene rings is 1. The average molecular weight is 457 g/mol. The van der Waals surface area contributed by atoms with Crippen LogP contribution < -0.4 is 15.6 Å². The molecule has 7 nitrogen and oxygen atoms in total. The van der Waals surface area contributed by atoms with E-state index in [2.05, 4.69) is 31.3 Å². The van der Waals surface area contributed by atoms with E-state index in [4.69, 9.17) is 4.74 Å². The van der Waals surface area contributed by atoms with E-state index in [1.165, 1.54) is 12.3 Å². The molecule has 150 valence electrons. The van der Waals surface area contributed by atoms with Crippen LogP contribution in [-0.4, -0.2) is 27.6 Å². The van der Waals surface area contributed by atoms with Crippen molar-refractivity contribution in [2.75, 3.05) is 7.05 Å². The summed E-state index contributed by atoms with van der Waals surface area (Å²) in [5.41, 5.74) is 2.88. The minimum Gasteiger partial charge on any atom is -0.485 e. The highest BCUT2D eigenvalue weighted by Gasteiger charge is 2.12. The van der Waals surface area contributed by atoms with E-state index in [1.807, 2.05) is 38.2 Å². The first-order valence-corrected chi connectivity index (χ1v) is 9.83. The lowest BCUT2D eigenvalue weighted by Crippen LogP contribution is -2.26. The summed E-state index contributed by atoms with van der Waals surface area (Å²) >= 11 is 3.32. The van der Waals surface area contributed by atoms with Crippen molar-refractivity contribution in [1.29, 1.82) is 0 Å². The standard InChI is InChI=1S/C21H21BrN4O3/c1-14-7-15(9-23-2)3-6-19(14)20(27)12-26-21(28)8-18(11-25-26)29-13-17-5-4-16(22)10-24-17/h3-8,10-11,23H,9,12-13H2,1-2H3. The summed E-state index contributed by atoms with van der Waals surface area (Å²) in [6.45, 7) is 2.71. The Hall–Kier alpha value is -2.84. The fraction of sp³-hybridized carbons (Fsp3) is 0.238. The minimum atomic E-state index is -0.399. The van der Waals surface area contributed by atoms with Gasteiger partial charge < -0.3 is 10.1 Å². The third-order valence-corrected chi connectivity index (χ3v) is 4.75. The SMILES string of the molecule is CNCc1ccc(C(=O)Cn2ncc(OCc3ccc(Br)cn3)cc2=O)c(C)c1. The first-order valence-electron chi connectivity index (χ1n) is 9.04. The molecule has 0 aliphatic heterocycles. The fourth-order valence-electron chi connectivity index (χ4n) is 2.84. The fourth-order valence-corrected chi connectivity index (χ4v) is 3.07. The Kier molecular flexibility index (Phi) is 6.90. The van der Waals surface area contributed by atoms with Crippen LogP contribution >= 0.6 is 15.9 Å². The zero-order chi connectivity index (χ0) is 20.8. The number of carbonyl (C=O) groups is 1. The van der Waals surface area contributed by atoms with Crippen molar-refractivity contribution >= 4 is 21.7 Å². The summed E-state index contributed by atoms with van der Waals surface area (Å²) in [6.07, 6.45) is 3.10. The smallest absolute Gasteiger partial charge is 0.270 e. The largest absolute Gasteiger partial charge is 0.485 e. The van der Waals surface area contributed by atoms with Gasteiger partial charge in [0.25, 0.3) is 5.56 Å². The lowest BCUT2D eigenvalue weighted by atomic mass is 10.0. The molecule has 2 aromatic heterocycles. The monoisotopic (exact) mass is 456 g/mol. The molecule has 1 N–H and O–H groups in total. The lowest BCUT2D eigenvalue weighted by Gasteiger charge is -2.10. The number of nitrogens with one attached hydrogen (secondary N) is 1. The molecule has 0 radical (unpaired) electrons. The topological polar surface area (TPSA) is 86.1 Å². The number of pyridine rings is 1. The van der Waals surface area contributed by atoms with Gasteiger partial charge in [0.15, 0.2) is 5.78 Å². The maximum absolute atomic E-state index is 12.6. The number of halogens is 1. The van der Waals surface area contributed by atoms with Gasteiger partial charge in [0.05, 0.1) is 11.9 Å². The number of hydrogen-bond acceptors (Lipinski definition) is 6. The number of aromatic nitrogens is 3. The zero-order valence-electron chi connectivity index (χ0n) is 16.2. The molecule has 0 saturated heterocycles. The van der Waals surface area contributed by atoms with Gasteiger partial charge in [-0.2, -0.15) is 5.10 Å². The summed E-state index contributed by atoms with van der Waals surface area (Å²) in [7, 11) is 1.87. The van der Waals surface area contributed by atoms with Gasteiger partial charge in [-0.05, 0) is 53.2 Å². The van der Waals surface area contributed by atoms with Crippen molar-refractivity contribution < 1.29 is 9.53 Å². The van der Waals surface area contributed by atoms with Gasteiger partial charge in [-0.25, -0.2) is 4.68 Å². The number of nitrogens with zero attached hydrogens (tertiary/aromatic N) is 3. The molecule has 0 unspecified atom stereocenters. The number of hydrogen-bond donors (Lipinski definition) is 1. The molecule has 29 heavy (non-hydrogen) atoms. The highest BCUT2D eigenvalue weighted by molar-refractivity contribution is 9.10. The molecular weight excluding hydrogens is 436 g/mol. The third kappa shape index (κ3) is 5.58. The van der Waals surface area contributed by atoms with Crippen molar-refractivity contribution in [3.8, 4) is 5.75 Å². The van der Waals surface area contributed by atoms with Crippen LogP contribution in [0.15, 0.2) is 58.1 Å². The molecular formula is C21H21BrN4O3. The summed E-state index contributed by atoms with van der Waals surface area (Å²) in [6, 6.07) is 10.7. The van der Waals surface area contributed by atoms with Gasteiger partial charge >= 0.3 is 0 Å². The van der Waals surface area contributed by atoms with Crippen LogP contribution in [0.25, 0.3) is 0 Å². The van der Waals surface area contributed by atoms with E-state index in [1.54, 1.807) is 12.3 Å². The van der Waals surface area contributed by atoms with Crippen LogP contribution in [0, 0.1) is 6.92 Å². The van der Waals surface area contributed by atoms with Crippen LogP contribution in [0.4, 0.5) is 0 Å². The number of ketones is 1. The van der Waals surface area contributed by atoms with Gasteiger partial charge in [0, 0.05) is 28.8 Å². The molecule has 0 saturated carbocycles. The second-order valence-electron chi connectivity index (χ2n) is 6.55. The second kappa shape index (κ2) is 9.58. The number of ether oxygens (including phenoxy) is 1. The van der Waals surface area contributed by atoms with E-state index in [-0.39, 0.29) is 18.9 Å². The maximum Gasteiger partial charge on any atom is 0.270 e. The highest BCUT2D eigenvalue weighted by Crippen LogP contribution is 2.13. The molecule has 3 rings (SSSR count). The van der Waals surface area contributed by atoms with Crippen LogP contribution in [-0.2, 0) is 19.7 Å². The van der Waals surface area contributed by atoms with Crippen LogP contribution in [0.2, 0.25) is 0 Å². The predicted octanol–water partition coefficient (Wildman–Crippen LogP) is 2.89. The maximum atomic E-state index is 12.6. The summed E-state index contributed by atoms with van der Waals surface area (Å²) < 4.78 is 7.58. The van der Waals surface area contributed by atoms with Crippen LogP contribution in [0.5, 0.6) is 5.75 Å². The van der Waals surface area contributed by atoms with Crippen LogP contribution in [0.3, 0.4) is 0 Å². The number of aryl methyl sites for hydroxylation is 1. The average Bonchev–Trinajstić information content (AvgIpc) is 2.69. The summed E-state index contributed by atoms with van der Waals surface area (Å²) in [4.78, 5) is 29.2. The van der Waals surface area contributed by atoms with Gasteiger partial charge in [-0.1, -0.05) is 18.2 Å². The predicted molar refractivity (Wildman–Crippen MR) is 113 cm³/mol. The van der Waals surface area contributed by atoms with E-state index < -0.39 is 5.56 Å². The Balaban J connectivity index is 1.66. The number of carbonyl (C=O) groups excluding carboxylic acids is 1. The molecule has 0 aliphatic carbocycles. The van der Waals surface area contributed by atoms with Gasteiger partial charge in [0.1, 0.15) is 18.9 Å². The Morgan fingerprint density at radius 3 is 2.69 bits per heavy atom. The van der Waals surface area contributed by atoms with Crippen molar-refractivity contribution in [3.05, 3.63) is 86.0 Å². The van der Waals surface area contributed by atoms with Crippen molar-refractivity contribution in [2.24, 2.45) is 0 Å². The molecule has 0 aliphatic rings. The first kappa shape index (κ1) is 20.9. The Morgan fingerprint density at radius 2 is 2.03 bits per heavy atom. The van der Waals surface area contributed by atoms with Crippen molar-refractivity contribution in [1.82, 2.24) is 20.1 Å². The molecule has 2 heterocycles. The molecule has 3 aromatic rings. The van der Waals surface area contributed by atoms with E-state index in [9.17, 15) is 9.59 Å². The Labute approximate surface area is 176 Å². The quantitative estimate of drug-likeness (QED) is 0.524. The minimum absolute atomic E-state index is 0.125. The normalized spacial score (nSPS) is 10.7. The highest BCUT2D eigenvalue weighted by atomic mass is 79.9. The second-order valence-corrected chi connectivity index (χ2v) is 7.46. The molecule has 0 atom stereocenters. The Morgan fingerprint density at radius 1 is 1.21 bits per heavy atom. The van der Waals surface area contributed by atoms with E-state index in [0.717, 1.165) is 32.5 Å². The molecule has 0 fully saturated rings. The molecule has 8 heteroatoms. The van der Waals surface area contributed by atoms with Crippen LogP contribution in [0.1, 0.15) is 27.2 Å². The van der Waals surface area contributed by atoms with Gasteiger partial charge in [-0.3, -0.25) is 14.6 Å². The van der Waals surface area contributed by atoms with Gasteiger partial charge in [0.2, 0.25) is 0 Å². The molecule has 0 spiro atoms. The lowest BCUT2D eigenvalue weighted by molar-refractivity contribution is 0.0964. The zero-order valence-corrected chi connectivity index (χ0v) is 17.8. The summed E-state index contributed by atoms with van der Waals surface area (Å²) in [5, 5.41) is 7.14. The third-order valence-electron chi connectivity index (χ3n) is 4.29. The van der Waals surface area contributed by atoms with E-state index in [0.29, 0.717) is 11.3 Å². The number of rotatable bonds is 8. The molecule has 1 aromatic carbocycles.